The van der Waals surface area contributed by atoms with Gasteiger partial charge in [0.1, 0.15) is 11.8 Å². The van der Waals surface area contributed by atoms with E-state index in [1.807, 2.05) is 6.07 Å². The fraction of sp³-hybridized carbons (Fsp3) is 0.462. The normalized spacial score (nSPS) is 18.4. The SMILES string of the molecule is N#CCOc1ccccc1NS(=O)(=O)CC1CCCO1. The molecule has 0 spiro atoms. The van der Waals surface area contributed by atoms with Crippen LogP contribution in [0.3, 0.4) is 0 Å². The van der Waals surface area contributed by atoms with Crippen molar-refractivity contribution in [3.63, 3.8) is 0 Å². The highest BCUT2D eigenvalue weighted by Crippen LogP contribution is 2.25. The Morgan fingerprint density at radius 2 is 2.25 bits per heavy atom. The maximum Gasteiger partial charge on any atom is 0.235 e. The molecule has 0 saturated carbocycles. The van der Waals surface area contributed by atoms with Crippen molar-refractivity contribution in [3.05, 3.63) is 24.3 Å². The maximum atomic E-state index is 12.1. The molecule has 1 unspecified atom stereocenters. The van der Waals surface area contributed by atoms with Gasteiger partial charge in [0.05, 0.1) is 17.5 Å². The van der Waals surface area contributed by atoms with Crippen molar-refractivity contribution in [1.29, 1.82) is 5.26 Å². The predicted molar refractivity (Wildman–Crippen MR) is 73.9 cm³/mol. The highest BCUT2D eigenvalue weighted by atomic mass is 32.2. The summed E-state index contributed by atoms with van der Waals surface area (Å²) in [7, 11) is -3.50. The first-order valence-electron chi connectivity index (χ1n) is 6.31. The van der Waals surface area contributed by atoms with Crippen molar-refractivity contribution < 1.29 is 17.9 Å². The molecule has 1 aliphatic rings. The van der Waals surface area contributed by atoms with Crippen LogP contribution in [0, 0.1) is 11.3 Å². The molecule has 0 aromatic heterocycles. The molecular weight excluding hydrogens is 280 g/mol. The lowest BCUT2D eigenvalue weighted by Gasteiger charge is -2.14. The van der Waals surface area contributed by atoms with Crippen molar-refractivity contribution in [2.24, 2.45) is 0 Å². The zero-order valence-electron chi connectivity index (χ0n) is 10.9. The average Bonchev–Trinajstić information content (AvgIpc) is 2.89. The lowest BCUT2D eigenvalue weighted by Crippen LogP contribution is -2.25. The van der Waals surface area contributed by atoms with Gasteiger partial charge in [-0.15, -0.1) is 0 Å². The van der Waals surface area contributed by atoms with E-state index in [1.54, 1.807) is 24.3 Å². The second-order valence-corrected chi connectivity index (χ2v) is 6.23. The number of para-hydroxylation sites is 2. The Bertz CT molecular complexity index is 589. The number of ether oxygens (including phenoxy) is 2. The summed E-state index contributed by atoms with van der Waals surface area (Å²) in [5, 5.41) is 8.51. The summed E-state index contributed by atoms with van der Waals surface area (Å²) in [5.41, 5.74) is 0.334. The molecule has 0 amide bonds. The number of benzene rings is 1. The van der Waals surface area contributed by atoms with Crippen LogP contribution in [0.15, 0.2) is 24.3 Å². The third-order valence-corrected chi connectivity index (χ3v) is 4.22. The molecule has 1 aliphatic heterocycles. The van der Waals surface area contributed by atoms with Crippen molar-refractivity contribution in [2.45, 2.75) is 18.9 Å². The monoisotopic (exact) mass is 296 g/mol. The highest BCUT2D eigenvalue weighted by Gasteiger charge is 2.24. The fourth-order valence-electron chi connectivity index (χ4n) is 2.02. The standard InChI is InChI=1S/C13H16N2O4S/c14-7-9-19-13-6-2-1-5-12(13)15-20(16,17)10-11-4-3-8-18-11/h1-2,5-6,11,15H,3-4,8-10H2. The number of hydrogen-bond donors (Lipinski definition) is 1. The predicted octanol–water partition coefficient (Wildman–Crippen LogP) is 1.51. The third kappa shape index (κ3) is 4.11. The van der Waals surface area contributed by atoms with Crippen LogP contribution in [0.2, 0.25) is 0 Å². The van der Waals surface area contributed by atoms with E-state index >= 15 is 0 Å². The fourth-order valence-corrected chi connectivity index (χ4v) is 3.36. The summed E-state index contributed by atoms with van der Waals surface area (Å²) in [6.45, 7) is 0.479. The molecule has 1 aromatic rings. The lowest BCUT2D eigenvalue weighted by molar-refractivity contribution is 0.127. The molecule has 1 fully saturated rings. The first-order valence-corrected chi connectivity index (χ1v) is 7.97. The number of anilines is 1. The summed E-state index contributed by atoms with van der Waals surface area (Å²) >= 11 is 0. The Kier molecular flexibility index (Phi) is 4.82. The van der Waals surface area contributed by atoms with Crippen molar-refractivity contribution >= 4 is 15.7 Å². The minimum absolute atomic E-state index is 0.0699. The van der Waals surface area contributed by atoms with Gasteiger partial charge in [-0.1, -0.05) is 12.1 Å². The zero-order chi connectivity index (χ0) is 14.4. The smallest absolute Gasteiger partial charge is 0.235 e. The van der Waals surface area contributed by atoms with Crippen LogP contribution in [0.25, 0.3) is 0 Å². The van der Waals surface area contributed by atoms with Crippen LogP contribution in [-0.4, -0.2) is 33.5 Å². The molecule has 0 radical (unpaired) electrons. The van der Waals surface area contributed by atoms with Crippen LogP contribution in [0.1, 0.15) is 12.8 Å². The number of sulfonamides is 1. The largest absolute Gasteiger partial charge is 0.477 e. The van der Waals surface area contributed by atoms with E-state index in [0.29, 0.717) is 18.0 Å². The summed E-state index contributed by atoms with van der Waals surface area (Å²) in [4.78, 5) is 0. The molecule has 1 heterocycles. The van der Waals surface area contributed by atoms with E-state index in [1.165, 1.54) is 0 Å². The van der Waals surface area contributed by atoms with Crippen LogP contribution in [0.4, 0.5) is 5.69 Å². The maximum absolute atomic E-state index is 12.1. The summed E-state index contributed by atoms with van der Waals surface area (Å²) in [6, 6.07) is 8.47. The first kappa shape index (κ1) is 14.6. The second-order valence-electron chi connectivity index (χ2n) is 4.46. The van der Waals surface area contributed by atoms with Crippen molar-refractivity contribution in [1.82, 2.24) is 0 Å². The van der Waals surface area contributed by atoms with E-state index in [-0.39, 0.29) is 18.5 Å². The van der Waals surface area contributed by atoms with Gasteiger partial charge in [0, 0.05) is 6.61 Å². The molecule has 6 nitrogen and oxygen atoms in total. The zero-order valence-corrected chi connectivity index (χ0v) is 11.7. The van der Waals surface area contributed by atoms with Gasteiger partial charge in [0.25, 0.3) is 0 Å². The number of nitriles is 1. The lowest BCUT2D eigenvalue weighted by atomic mass is 10.3. The van der Waals surface area contributed by atoms with Crippen LogP contribution in [0.5, 0.6) is 5.75 Å². The summed E-state index contributed by atoms with van der Waals surface area (Å²) < 4.78 is 37.1. The number of nitrogens with zero attached hydrogens (tertiary/aromatic N) is 1. The van der Waals surface area contributed by atoms with Gasteiger partial charge >= 0.3 is 0 Å². The van der Waals surface area contributed by atoms with E-state index in [0.717, 1.165) is 12.8 Å². The number of nitrogens with one attached hydrogen (secondary N) is 1. The third-order valence-electron chi connectivity index (χ3n) is 2.87. The molecule has 1 N–H and O–H groups in total. The van der Waals surface area contributed by atoms with Gasteiger partial charge in [-0.05, 0) is 25.0 Å². The van der Waals surface area contributed by atoms with Gasteiger partial charge in [-0.3, -0.25) is 4.72 Å². The topological polar surface area (TPSA) is 88.4 Å². The number of hydrogen-bond acceptors (Lipinski definition) is 5. The quantitative estimate of drug-likeness (QED) is 0.859. The molecular formula is C13H16N2O4S. The van der Waals surface area contributed by atoms with Crippen LogP contribution >= 0.6 is 0 Å². The van der Waals surface area contributed by atoms with Crippen LogP contribution < -0.4 is 9.46 Å². The Labute approximate surface area is 118 Å². The molecule has 0 aliphatic carbocycles. The Balaban J connectivity index is 2.06. The molecule has 0 bridgehead atoms. The first-order chi connectivity index (χ1) is 9.61. The minimum Gasteiger partial charge on any atom is -0.477 e. The molecule has 7 heteroatoms. The van der Waals surface area contributed by atoms with Crippen molar-refractivity contribution in [3.8, 4) is 11.8 Å². The Morgan fingerprint density at radius 1 is 1.45 bits per heavy atom. The van der Waals surface area contributed by atoms with Crippen LogP contribution in [-0.2, 0) is 14.8 Å². The van der Waals surface area contributed by atoms with E-state index < -0.39 is 10.0 Å². The van der Waals surface area contributed by atoms with Crippen molar-refractivity contribution in [2.75, 3.05) is 23.7 Å². The van der Waals surface area contributed by atoms with Gasteiger partial charge < -0.3 is 9.47 Å². The molecule has 1 atom stereocenters. The molecule has 108 valence electrons. The molecule has 20 heavy (non-hydrogen) atoms. The second kappa shape index (κ2) is 6.59. The van der Waals surface area contributed by atoms with E-state index in [4.69, 9.17) is 14.7 Å². The summed E-state index contributed by atoms with van der Waals surface area (Å²) in [6.07, 6.45) is 1.40. The average molecular weight is 296 g/mol. The van der Waals surface area contributed by atoms with E-state index in [2.05, 4.69) is 4.72 Å². The number of rotatable bonds is 6. The minimum atomic E-state index is -3.50. The van der Waals surface area contributed by atoms with Gasteiger partial charge in [-0.25, -0.2) is 8.42 Å². The molecule has 1 aromatic carbocycles. The van der Waals surface area contributed by atoms with Gasteiger partial charge in [-0.2, -0.15) is 5.26 Å². The van der Waals surface area contributed by atoms with Gasteiger partial charge in [0.2, 0.25) is 10.0 Å². The Hall–Kier alpha value is -1.78. The van der Waals surface area contributed by atoms with Gasteiger partial charge in [0.15, 0.2) is 6.61 Å². The molecule has 1 saturated heterocycles. The Morgan fingerprint density at radius 3 is 2.95 bits per heavy atom. The molecule has 2 rings (SSSR count). The van der Waals surface area contributed by atoms with E-state index in [9.17, 15) is 8.42 Å². The summed E-state index contributed by atoms with van der Waals surface area (Å²) in [5.74, 6) is 0.268. The highest BCUT2D eigenvalue weighted by molar-refractivity contribution is 7.92.